The van der Waals surface area contributed by atoms with Gasteiger partial charge in [0.2, 0.25) is 0 Å². The number of aryl methyl sites for hydroxylation is 1. The van der Waals surface area contributed by atoms with E-state index in [0.717, 1.165) is 0 Å². The van der Waals surface area contributed by atoms with Crippen LogP contribution in [0.3, 0.4) is 0 Å². The van der Waals surface area contributed by atoms with Crippen molar-refractivity contribution in [3.05, 3.63) is 54.6 Å². The van der Waals surface area contributed by atoms with Crippen molar-refractivity contribution in [1.82, 2.24) is 4.90 Å². The Bertz CT molecular complexity index is 394. The molecule has 1 aromatic rings. The number of rotatable bonds is 2. The summed E-state index contributed by atoms with van der Waals surface area (Å²) in [5.41, 5.74) is 3.97. The Morgan fingerprint density at radius 1 is 1.21 bits per heavy atom. The first-order valence-corrected chi connectivity index (χ1v) is 7.10. The van der Waals surface area contributed by atoms with Crippen molar-refractivity contribution in [2.24, 2.45) is 5.92 Å². The first-order chi connectivity index (χ1) is 9.08. The van der Waals surface area contributed by atoms with Gasteiger partial charge in [0.05, 0.1) is 0 Å². The van der Waals surface area contributed by atoms with E-state index in [-0.39, 0.29) is 0 Å². The van der Waals surface area contributed by atoms with E-state index in [4.69, 9.17) is 0 Å². The fourth-order valence-corrected chi connectivity index (χ4v) is 2.36. The maximum atomic E-state index is 4.28. The lowest BCUT2D eigenvalue weighted by Gasteiger charge is -2.30. The molecule has 1 heterocycles. The van der Waals surface area contributed by atoms with E-state index >= 15 is 0 Å². The van der Waals surface area contributed by atoms with Gasteiger partial charge >= 0.3 is 0 Å². The Hall–Kier alpha value is -1.34. The molecule has 2 rings (SSSR count). The van der Waals surface area contributed by atoms with Crippen LogP contribution in [0.15, 0.2) is 43.5 Å². The lowest BCUT2D eigenvalue weighted by atomic mass is 9.86. The Kier molecular flexibility index (Phi) is 6.58. The van der Waals surface area contributed by atoms with Gasteiger partial charge in [-0.25, -0.2) is 0 Å². The summed E-state index contributed by atoms with van der Waals surface area (Å²) in [6, 6.07) is 8.76. The van der Waals surface area contributed by atoms with Crippen LogP contribution in [-0.4, -0.2) is 25.0 Å². The van der Waals surface area contributed by atoms with Gasteiger partial charge in [-0.3, -0.25) is 0 Å². The van der Waals surface area contributed by atoms with Gasteiger partial charge in [0.15, 0.2) is 0 Å². The van der Waals surface area contributed by atoms with Crippen LogP contribution in [0.25, 0.3) is 5.57 Å². The van der Waals surface area contributed by atoms with Crippen LogP contribution in [0.4, 0.5) is 0 Å². The molecule has 1 aliphatic heterocycles. The number of nitrogens with zero attached hydrogens (tertiary/aromatic N) is 1. The van der Waals surface area contributed by atoms with Crippen LogP contribution in [0.5, 0.6) is 0 Å². The maximum Gasteiger partial charge on any atom is -0.00159 e. The predicted octanol–water partition coefficient (Wildman–Crippen LogP) is 4.54. The smallest absolute Gasteiger partial charge is 0.00159 e. The first kappa shape index (κ1) is 15.7. The maximum absolute atomic E-state index is 4.28. The molecule has 0 atom stereocenters. The van der Waals surface area contributed by atoms with E-state index in [0.29, 0.717) is 5.92 Å². The highest BCUT2D eigenvalue weighted by molar-refractivity contribution is 5.65. The molecule has 0 radical (unpaired) electrons. The van der Waals surface area contributed by atoms with Crippen LogP contribution in [0.2, 0.25) is 0 Å². The highest BCUT2D eigenvalue weighted by Gasteiger charge is 2.19. The van der Waals surface area contributed by atoms with Crippen molar-refractivity contribution >= 4 is 5.57 Å². The number of hydrogen-bond acceptors (Lipinski definition) is 1. The summed E-state index contributed by atoms with van der Waals surface area (Å²) in [7, 11) is 2.20. The van der Waals surface area contributed by atoms with Crippen LogP contribution in [0, 0.1) is 12.8 Å². The van der Waals surface area contributed by atoms with E-state index in [1.807, 2.05) is 6.92 Å². The first-order valence-electron chi connectivity index (χ1n) is 7.10. The van der Waals surface area contributed by atoms with Crippen LogP contribution in [0.1, 0.15) is 30.9 Å². The average Bonchev–Trinajstić information content (AvgIpc) is 2.41. The largest absolute Gasteiger partial charge is 0.306 e. The minimum atomic E-state index is 0.680. The summed E-state index contributed by atoms with van der Waals surface area (Å²) in [5.74, 6) is 0.680. The Labute approximate surface area is 118 Å². The highest BCUT2D eigenvalue weighted by Crippen LogP contribution is 2.30. The minimum Gasteiger partial charge on any atom is -0.306 e. The molecule has 1 nitrogen and oxygen atoms in total. The van der Waals surface area contributed by atoms with Crippen molar-refractivity contribution in [3.63, 3.8) is 0 Å². The molecule has 0 saturated carbocycles. The fourth-order valence-electron chi connectivity index (χ4n) is 2.36. The molecule has 1 aromatic carbocycles. The number of hydrogen-bond donors (Lipinski definition) is 0. The fraction of sp³-hybridized carbons (Fsp3) is 0.444. The third-order valence-electron chi connectivity index (χ3n) is 3.63. The monoisotopic (exact) mass is 257 g/mol. The molecule has 1 aliphatic rings. The third-order valence-corrected chi connectivity index (χ3v) is 3.63. The summed E-state index contributed by atoms with van der Waals surface area (Å²) >= 11 is 0. The summed E-state index contributed by atoms with van der Waals surface area (Å²) in [4.78, 5) is 2.40. The van der Waals surface area contributed by atoms with Crippen molar-refractivity contribution < 1.29 is 0 Å². The van der Waals surface area contributed by atoms with Crippen molar-refractivity contribution in [1.29, 1.82) is 0 Å². The van der Waals surface area contributed by atoms with Gasteiger partial charge in [-0.15, -0.1) is 6.58 Å². The molecule has 0 aliphatic carbocycles. The van der Waals surface area contributed by atoms with Gasteiger partial charge in [-0.2, -0.15) is 0 Å². The molecule has 104 valence electrons. The molecule has 19 heavy (non-hydrogen) atoms. The van der Waals surface area contributed by atoms with E-state index in [9.17, 15) is 0 Å². The van der Waals surface area contributed by atoms with E-state index < -0.39 is 0 Å². The Balaban J connectivity index is 0.000000550. The van der Waals surface area contributed by atoms with Gasteiger partial charge < -0.3 is 4.90 Å². The zero-order valence-electron chi connectivity index (χ0n) is 12.7. The molecule has 1 saturated heterocycles. The van der Waals surface area contributed by atoms with Crippen LogP contribution in [-0.2, 0) is 0 Å². The average molecular weight is 257 g/mol. The standard InChI is InChI=1S/C15H21N.C3H6/c1-12-4-6-14(7-5-12)13(2)15-8-10-16(3)11-9-15;1-3-2/h4-7,15H,2,8-11H2,1,3H3;3H,1H2,2H3. The zero-order chi connectivity index (χ0) is 14.3. The molecule has 0 spiro atoms. The summed E-state index contributed by atoms with van der Waals surface area (Å²) in [6.07, 6.45) is 4.26. The van der Waals surface area contributed by atoms with Crippen LogP contribution < -0.4 is 0 Å². The Morgan fingerprint density at radius 3 is 2.16 bits per heavy atom. The molecule has 0 aromatic heterocycles. The quantitative estimate of drug-likeness (QED) is 0.703. The molecule has 0 amide bonds. The number of likely N-dealkylation sites (tertiary alicyclic amines) is 1. The predicted molar refractivity (Wildman–Crippen MR) is 86.3 cm³/mol. The number of allylic oxidation sites excluding steroid dienone is 2. The molecule has 0 bridgehead atoms. The zero-order valence-corrected chi connectivity index (χ0v) is 12.7. The normalized spacial score (nSPS) is 16.4. The van der Waals surface area contributed by atoms with Gasteiger partial charge in [-0.1, -0.05) is 42.5 Å². The lowest BCUT2D eigenvalue weighted by Crippen LogP contribution is -2.30. The van der Waals surface area contributed by atoms with Crippen LogP contribution >= 0.6 is 0 Å². The van der Waals surface area contributed by atoms with E-state index in [2.05, 4.69) is 56.3 Å². The third kappa shape index (κ3) is 5.04. The SMILES string of the molecule is C=C(c1ccc(C)cc1)C1CCN(C)CC1.C=CC. The van der Waals surface area contributed by atoms with Gasteiger partial charge in [0, 0.05) is 0 Å². The minimum absolute atomic E-state index is 0.680. The molecular weight excluding hydrogens is 230 g/mol. The second-order valence-electron chi connectivity index (χ2n) is 5.38. The van der Waals surface area contributed by atoms with Gasteiger partial charge in [-0.05, 0) is 63.9 Å². The molecule has 0 unspecified atom stereocenters. The number of piperidine rings is 1. The Morgan fingerprint density at radius 2 is 1.68 bits per heavy atom. The van der Waals surface area contributed by atoms with Crippen molar-refractivity contribution in [2.45, 2.75) is 26.7 Å². The second-order valence-corrected chi connectivity index (χ2v) is 5.38. The van der Waals surface area contributed by atoms with Gasteiger partial charge in [0.25, 0.3) is 0 Å². The molecule has 0 N–H and O–H groups in total. The summed E-state index contributed by atoms with van der Waals surface area (Å²) in [6.45, 7) is 14.1. The second kappa shape index (κ2) is 7.96. The van der Waals surface area contributed by atoms with Gasteiger partial charge in [0.1, 0.15) is 0 Å². The number of benzene rings is 1. The molecule has 1 heteroatoms. The topological polar surface area (TPSA) is 3.24 Å². The summed E-state index contributed by atoms with van der Waals surface area (Å²) in [5, 5.41) is 0. The van der Waals surface area contributed by atoms with E-state index in [1.165, 1.54) is 42.6 Å². The molecular formula is C18H27N. The molecule has 1 fully saturated rings. The highest BCUT2D eigenvalue weighted by atomic mass is 15.1. The lowest BCUT2D eigenvalue weighted by molar-refractivity contribution is 0.248. The van der Waals surface area contributed by atoms with Crippen molar-refractivity contribution in [3.8, 4) is 0 Å². The summed E-state index contributed by atoms with van der Waals surface area (Å²) < 4.78 is 0. The van der Waals surface area contributed by atoms with Crippen molar-refractivity contribution in [2.75, 3.05) is 20.1 Å². The van der Waals surface area contributed by atoms with E-state index in [1.54, 1.807) is 6.08 Å².